The van der Waals surface area contributed by atoms with Crippen molar-refractivity contribution in [1.82, 2.24) is 24.1 Å². The van der Waals surface area contributed by atoms with Crippen molar-refractivity contribution in [3.05, 3.63) is 198 Å². The van der Waals surface area contributed by atoms with E-state index in [9.17, 15) is 10.5 Å². The number of benzene rings is 8. The standard InChI is InChI=1S/C55H35N7/c1-34-16-25-49-44(28-34)41-12-6-8-14-47(41)61(49)51-27-20-37(33-57)30-46(51)55-59-53(39-10-4-3-5-11-39)58-54(60-55)43-24-23-40(38-21-18-36(32-56)19-22-38)31-52(43)62-48-15-9-7-13-42(48)45-29-35(2)17-26-50(45)62/h3-31H,1-2H3. The third-order valence-electron chi connectivity index (χ3n) is 11.8. The van der Waals surface area contributed by atoms with Crippen LogP contribution >= 0.6 is 0 Å². The summed E-state index contributed by atoms with van der Waals surface area (Å²) in [7, 11) is 0. The number of fused-ring (bicyclic) bond motifs is 6. The van der Waals surface area contributed by atoms with Crippen molar-refractivity contribution in [3.8, 4) is 68.8 Å². The van der Waals surface area contributed by atoms with Crippen LogP contribution in [0.15, 0.2) is 176 Å². The van der Waals surface area contributed by atoms with Crippen LogP contribution in [0.3, 0.4) is 0 Å². The maximum Gasteiger partial charge on any atom is 0.166 e. The zero-order chi connectivity index (χ0) is 41.9. The quantitative estimate of drug-likeness (QED) is 0.167. The van der Waals surface area contributed by atoms with Crippen molar-refractivity contribution in [3.63, 3.8) is 0 Å². The minimum atomic E-state index is 0.443. The summed E-state index contributed by atoms with van der Waals surface area (Å²) in [5.74, 6) is 1.44. The number of para-hydroxylation sites is 2. The first-order chi connectivity index (χ1) is 30.4. The minimum absolute atomic E-state index is 0.443. The lowest BCUT2D eigenvalue weighted by Crippen LogP contribution is -2.06. The molecule has 0 radical (unpaired) electrons. The topological polar surface area (TPSA) is 96.1 Å². The van der Waals surface area contributed by atoms with Crippen molar-refractivity contribution >= 4 is 43.6 Å². The predicted octanol–water partition coefficient (Wildman–Crippen LogP) is 13.1. The summed E-state index contributed by atoms with van der Waals surface area (Å²) < 4.78 is 4.56. The summed E-state index contributed by atoms with van der Waals surface area (Å²) in [4.78, 5) is 15.9. The fourth-order valence-electron chi connectivity index (χ4n) is 8.83. The largest absolute Gasteiger partial charge is 0.309 e. The molecule has 3 aromatic heterocycles. The van der Waals surface area contributed by atoms with Crippen molar-refractivity contribution in [2.75, 3.05) is 0 Å². The fourth-order valence-corrected chi connectivity index (χ4v) is 8.83. The van der Waals surface area contributed by atoms with Crippen molar-refractivity contribution < 1.29 is 0 Å². The Morgan fingerprint density at radius 1 is 0.371 bits per heavy atom. The Bertz CT molecular complexity index is 3670. The van der Waals surface area contributed by atoms with E-state index in [0.29, 0.717) is 34.2 Å². The number of rotatable bonds is 6. The van der Waals surface area contributed by atoms with Crippen LogP contribution in [0.25, 0.3) is 100 Å². The molecule has 62 heavy (non-hydrogen) atoms. The fraction of sp³-hybridized carbons (Fsp3) is 0.0364. The van der Waals surface area contributed by atoms with Crippen LogP contribution < -0.4 is 0 Å². The Morgan fingerprint density at radius 3 is 1.52 bits per heavy atom. The van der Waals surface area contributed by atoms with E-state index in [1.54, 1.807) is 0 Å². The number of nitriles is 2. The Hall–Kier alpha value is -8.65. The molecule has 7 nitrogen and oxygen atoms in total. The van der Waals surface area contributed by atoms with Gasteiger partial charge in [-0.15, -0.1) is 0 Å². The molecule has 3 heterocycles. The molecule has 0 aliphatic rings. The van der Waals surface area contributed by atoms with E-state index in [1.807, 2.05) is 72.8 Å². The molecule has 0 saturated carbocycles. The van der Waals surface area contributed by atoms with E-state index in [1.165, 1.54) is 11.1 Å². The molecule has 0 aliphatic heterocycles. The van der Waals surface area contributed by atoms with Gasteiger partial charge in [0.1, 0.15) is 0 Å². The molecule has 0 bridgehead atoms. The molecule has 11 rings (SSSR count). The Balaban J connectivity index is 1.22. The van der Waals surface area contributed by atoms with Crippen molar-refractivity contribution in [1.29, 1.82) is 10.5 Å². The summed E-state index contributed by atoms with van der Waals surface area (Å²) in [6, 6.07) is 64.4. The van der Waals surface area contributed by atoms with Gasteiger partial charge in [0.15, 0.2) is 17.5 Å². The number of aryl methyl sites for hydroxylation is 2. The van der Waals surface area contributed by atoms with Crippen LogP contribution in [0.5, 0.6) is 0 Å². The predicted molar refractivity (Wildman–Crippen MR) is 249 cm³/mol. The zero-order valence-electron chi connectivity index (χ0n) is 33.9. The summed E-state index contributed by atoms with van der Waals surface area (Å²) in [5, 5.41) is 24.5. The molecule has 8 aromatic carbocycles. The molecule has 0 aliphatic carbocycles. The smallest absolute Gasteiger partial charge is 0.166 e. The number of hydrogen-bond acceptors (Lipinski definition) is 5. The molecule has 0 spiro atoms. The Kier molecular flexibility index (Phi) is 8.56. The van der Waals surface area contributed by atoms with Crippen molar-refractivity contribution in [2.45, 2.75) is 13.8 Å². The highest BCUT2D eigenvalue weighted by molar-refractivity contribution is 6.11. The molecule has 0 atom stereocenters. The zero-order valence-corrected chi connectivity index (χ0v) is 33.9. The highest BCUT2D eigenvalue weighted by atomic mass is 15.1. The summed E-state index contributed by atoms with van der Waals surface area (Å²) in [6.45, 7) is 4.23. The van der Waals surface area contributed by atoms with E-state index in [4.69, 9.17) is 15.0 Å². The number of nitrogens with zero attached hydrogens (tertiary/aromatic N) is 7. The molecule has 0 unspecified atom stereocenters. The van der Waals surface area contributed by atoms with E-state index in [-0.39, 0.29) is 0 Å². The third-order valence-corrected chi connectivity index (χ3v) is 11.8. The number of aromatic nitrogens is 5. The summed E-state index contributed by atoms with van der Waals surface area (Å²) >= 11 is 0. The van der Waals surface area contributed by atoms with Gasteiger partial charge in [-0.2, -0.15) is 10.5 Å². The maximum absolute atomic E-state index is 10.3. The minimum Gasteiger partial charge on any atom is -0.309 e. The van der Waals surface area contributed by atoms with Crippen LogP contribution in [0.2, 0.25) is 0 Å². The van der Waals surface area contributed by atoms with Crippen LogP contribution in [0, 0.1) is 36.5 Å². The van der Waals surface area contributed by atoms with Gasteiger partial charge in [0.2, 0.25) is 0 Å². The lowest BCUT2D eigenvalue weighted by molar-refractivity contribution is 1.06. The molecule has 0 saturated heterocycles. The Morgan fingerprint density at radius 2 is 0.887 bits per heavy atom. The maximum atomic E-state index is 10.3. The summed E-state index contributed by atoms with van der Waals surface area (Å²) in [6.07, 6.45) is 0. The van der Waals surface area contributed by atoms with Gasteiger partial charge >= 0.3 is 0 Å². The average molecular weight is 794 g/mol. The first-order valence-electron chi connectivity index (χ1n) is 20.5. The lowest BCUT2D eigenvalue weighted by Gasteiger charge is -2.18. The second-order valence-electron chi connectivity index (χ2n) is 15.7. The second-order valence-corrected chi connectivity index (χ2v) is 15.7. The van der Waals surface area contributed by atoms with E-state index in [2.05, 4.69) is 138 Å². The highest BCUT2D eigenvalue weighted by Crippen LogP contribution is 2.40. The van der Waals surface area contributed by atoms with Crippen LogP contribution in [0.4, 0.5) is 0 Å². The highest BCUT2D eigenvalue weighted by Gasteiger charge is 2.23. The Labute approximate surface area is 357 Å². The monoisotopic (exact) mass is 793 g/mol. The van der Waals surface area contributed by atoms with Crippen LogP contribution in [0.1, 0.15) is 22.3 Å². The lowest BCUT2D eigenvalue weighted by atomic mass is 10.00. The van der Waals surface area contributed by atoms with E-state index in [0.717, 1.165) is 77.2 Å². The molecule has 0 amide bonds. The van der Waals surface area contributed by atoms with E-state index >= 15 is 0 Å². The van der Waals surface area contributed by atoms with Crippen LogP contribution in [-0.2, 0) is 0 Å². The first-order valence-corrected chi connectivity index (χ1v) is 20.5. The van der Waals surface area contributed by atoms with Gasteiger partial charge in [-0.05, 0) is 104 Å². The van der Waals surface area contributed by atoms with Gasteiger partial charge in [-0.1, -0.05) is 108 Å². The molecule has 11 aromatic rings. The average Bonchev–Trinajstić information content (AvgIpc) is 3.83. The van der Waals surface area contributed by atoms with E-state index < -0.39 is 0 Å². The molecule has 7 heteroatoms. The van der Waals surface area contributed by atoms with Gasteiger partial charge < -0.3 is 9.13 Å². The number of hydrogen-bond donors (Lipinski definition) is 0. The summed E-state index contributed by atoms with van der Waals surface area (Å²) in [5.41, 5.74) is 13.7. The molecular formula is C55H35N7. The van der Waals surface area contributed by atoms with Gasteiger partial charge in [0.25, 0.3) is 0 Å². The van der Waals surface area contributed by atoms with Gasteiger partial charge in [-0.25, -0.2) is 15.0 Å². The normalized spacial score (nSPS) is 11.4. The molecule has 0 N–H and O–H groups in total. The van der Waals surface area contributed by atoms with Crippen molar-refractivity contribution in [2.24, 2.45) is 0 Å². The molecule has 0 fully saturated rings. The molecule has 290 valence electrons. The second kappa shape index (κ2) is 14.6. The third kappa shape index (κ3) is 6.00. The van der Waals surface area contributed by atoms with Gasteiger partial charge in [-0.3, -0.25) is 0 Å². The van der Waals surface area contributed by atoms with Crippen LogP contribution in [-0.4, -0.2) is 24.1 Å². The van der Waals surface area contributed by atoms with Gasteiger partial charge in [0.05, 0.1) is 56.7 Å². The molecular weight excluding hydrogens is 759 g/mol. The van der Waals surface area contributed by atoms with Gasteiger partial charge in [0, 0.05) is 38.2 Å². The first kappa shape index (κ1) is 36.4. The SMILES string of the molecule is Cc1ccc2c(c1)c1ccccc1n2-c1ccc(C#N)cc1-c1nc(-c2ccccc2)nc(-c2ccc(-c3ccc(C#N)cc3)cc2-n2c3ccccc3c3cc(C)ccc32)n1.